The van der Waals surface area contributed by atoms with Crippen molar-refractivity contribution in [3.63, 3.8) is 0 Å². The molecule has 2 amide bonds. The third kappa shape index (κ3) is 2.92. The van der Waals surface area contributed by atoms with Gasteiger partial charge in [0.1, 0.15) is 5.82 Å². The summed E-state index contributed by atoms with van der Waals surface area (Å²) in [4.78, 5) is 16.9. The van der Waals surface area contributed by atoms with E-state index in [9.17, 15) is 14.3 Å². The molecule has 0 saturated carbocycles. The highest BCUT2D eigenvalue weighted by Crippen LogP contribution is 2.20. The van der Waals surface area contributed by atoms with E-state index in [1.807, 2.05) is 6.20 Å². The number of hydrogen-bond donors (Lipinski definition) is 3. The van der Waals surface area contributed by atoms with Gasteiger partial charge in [-0.2, -0.15) is 0 Å². The molecule has 1 aliphatic rings. The van der Waals surface area contributed by atoms with E-state index in [4.69, 9.17) is 0 Å². The zero-order valence-corrected chi connectivity index (χ0v) is 12.3. The van der Waals surface area contributed by atoms with E-state index in [0.717, 1.165) is 29.3 Å². The van der Waals surface area contributed by atoms with Crippen LogP contribution in [0.4, 0.5) is 9.18 Å². The van der Waals surface area contributed by atoms with Gasteiger partial charge in [0, 0.05) is 30.2 Å². The lowest BCUT2D eigenvalue weighted by Gasteiger charge is -2.23. The Morgan fingerprint density at radius 2 is 2.36 bits per heavy atom. The number of aromatic amines is 1. The third-order valence-corrected chi connectivity index (χ3v) is 4.25. The quantitative estimate of drug-likeness (QED) is 0.809. The number of carbonyl (C=O) groups is 1. The molecule has 3 rings (SSSR count). The molecule has 6 heteroatoms. The van der Waals surface area contributed by atoms with E-state index >= 15 is 0 Å². The number of aliphatic hydroxyl groups excluding tert-OH is 1. The number of fused-ring (bicyclic) bond motifs is 1. The van der Waals surface area contributed by atoms with E-state index in [0.29, 0.717) is 19.5 Å². The van der Waals surface area contributed by atoms with Crippen molar-refractivity contribution in [2.45, 2.75) is 25.3 Å². The Hall–Kier alpha value is -2.08. The molecule has 118 valence electrons. The molecule has 1 aliphatic heterocycles. The van der Waals surface area contributed by atoms with Crippen molar-refractivity contribution < 1.29 is 14.3 Å². The van der Waals surface area contributed by atoms with Gasteiger partial charge in [-0.1, -0.05) is 0 Å². The molecule has 5 nitrogen and oxygen atoms in total. The minimum atomic E-state index is -0.264. The van der Waals surface area contributed by atoms with Crippen LogP contribution in [0.5, 0.6) is 0 Å². The van der Waals surface area contributed by atoms with Crippen LogP contribution < -0.4 is 5.32 Å². The van der Waals surface area contributed by atoms with Gasteiger partial charge in [0.05, 0.1) is 12.6 Å². The molecule has 22 heavy (non-hydrogen) atoms. The molecule has 0 bridgehead atoms. The first-order valence-corrected chi connectivity index (χ1v) is 7.60. The van der Waals surface area contributed by atoms with Gasteiger partial charge in [0.25, 0.3) is 0 Å². The molecule has 0 radical (unpaired) electrons. The van der Waals surface area contributed by atoms with Gasteiger partial charge in [-0.15, -0.1) is 0 Å². The maximum absolute atomic E-state index is 13.3. The number of carbonyl (C=O) groups excluding carboxylic acids is 1. The molecular weight excluding hydrogens is 285 g/mol. The van der Waals surface area contributed by atoms with Crippen molar-refractivity contribution in [1.82, 2.24) is 15.2 Å². The smallest absolute Gasteiger partial charge is 0.317 e. The summed E-state index contributed by atoms with van der Waals surface area (Å²) in [7, 11) is 0. The summed E-state index contributed by atoms with van der Waals surface area (Å²) < 4.78 is 13.3. The molecule has 1 fully saturated rings. The number of aliphatic hydroxyl groups is 1. The Morgan fingerprint density at radius 1 is 1.50 bits per heavy atom. The Kier molecular flexibility index (Phi) is 4.29. The van der Waals surface area contributed by atoms with Gasteiger partial charge in [-0.3, -0.25) is 0 Å². The number of likely N-dealkylation sites (tertiary alicyclic amines) is 1. The van der Waals surface area contributed by atoms with Gasteiger partial charge in [-0.25, -0.2) is 9.18 Å². The summed E-state index contributed by atoms with van der Waals surface area (Å²) in [6.45, 7) is 1.18. The lowest BCUT2D eigenvalue weighted by molar-refractivity contribution is 0.157. The molecule has 1 atom stereocenters. The van der Waals surface area contributed by atoms with Gasteiger partial charge in [0.2, 0.25) is 0 Å². The highest BCUT2D eigenvalue weighted by atomic mass is 19.1. The maximum atomic E-state index is 13.3. The second kappa shape index (κ2) is 6.36. The van der Waals surface area contributed by atoms with Gasteiger partial charge in [0.15, 0.2) is 0 Å². The summed E-state index contributed by atoms with van der Waals surface area (Å²) in [6.07, 6.45) is 4.27. The number of aromatic nitrogens is 1. The average Bonchev–Trinajstić information content (AvgIpc) is 3.13. The maximum Gasteiger partial charge on any atom is 0.317 e. The average molecular weight is 305 g/mol. The van der Waals surface area contributed by atoms with Gasteiger partial charge >= 0.3 is 6.03 Å². The van der Waals surface area contributed by atoms with E-state index in [-0.39, 0.29) is 24.5 Å². The van der Waals surface area contributed by atoms with E-state index in [1.54, 1.807) is 11.0 Å². The standard InChI is InChI=1S/C16H20FN3O2/c17-12-3-4-15-14(8-12)11(9-19-15)5-6-18-16(22)20-7-1-2-13(20)10-21/h3-4,8-9,13,19,21H,1-2,5-7,10H2,(H,18,22). The fourth-order valence-corrected chi connectivity index (χ4v) is 3.06. The minimum absolute atomic E-state index is 0.00907. The summed E-state index contributed by atoms with van der Waals surface area (Å²) in [5.41, 5.74) is 1.87. The highest BCUT2D eigenvalue weighted by Gasteiger charge is 2.27. The number of rotatable bonds is 4. The topological polar surface area (TPSA) is 68.4 Å². The van der Waals surface area contributed by atoms with Crippen molar-refractivity contribution in [3.05, 3.63) is 35.8 Å². The Bertz CT molecular complexity index is 670. The van der Waals surface area contributed by atoms with Crippen LogP contribution in [0.25, 0.3) is 10.9 Å². The van der Waals surface area contributed by atoms with Gasteiger partial charge < -0.3 is 20.3 Å². The van der Waals surface area contributed by atoms with Crippen molar-refractivity contribution in [3.8, 4) is 0 Å². The van der Waals surface area contributed by atoms with Crippen LogP contribution in [0, 0.1) is 5.82 Å². The second-order valence-electron chi connectivity index (χ2n) is 5.66. The molecule has 1 unspecified atom stereocenters. The van der Waals surface area contributed by atoms with Crippen LogP contribution in [0.1, 0.15) is 18.4 Å². The number of amides is 2. The number of benzene rings is 1. The normalized spacial score (nSPS) is 18.1. The SMILES string of the molecule is O=C(NCCc1c[nH]c2ccc(F)cc12)N1CCCC1CO. The largest absolute Gasteiger partial charge is 0.394 e. The Labute approximate surface area is 128 Å². The van der Waals surface area contributed by atoms with Crippen LogP contribution in [-0.4, -0.2) is 46.8 Å². The summed E-state index contributed by atoms with van der Waals surface area (Å²) in [6, 6.07) is 4.44. The highest BCUT2D eigenvalue weighted by molar-refractivity contribution is 5.83. The number of nitrogens with one attached hydrogen (secondary N) is 2. The van der Waals surface area contributed by atoms with E-state index in [1.165, 1.54) is 12.1 Å². The predicted molar refractivity (Wildman–Crippen MR) is 82.2 cm³/mol. The van der Waals surface area contributed by atoms with Crippen molar-refractivity contribution in [2.24, 2.45) is 0 Å². The van der Waals surface area contributed by atoms with E-state index < -0.39 is 0 Å². The Balaban J connectivity index is 1.58. The molecule has 1 aromatic carbocycles. The molecule has 1 aromatic heterocycles. The number of hydrogen-bond acceptors (Lipinski definition) is 2. The number of nitrogens with zero attached hydrogens (tertiary/aromatic N) is 1. The number of urea groups is 1. The van der Waals surface area contributed by atoms with E-state index in [2.05, 4.69) is 10.3 Å². The van der Waals surface area contributed by atoms with Crippen LogP contribution in [0.15, 0.2) is 24.4 Å². The first-order valence-electron chi connectivity index (χ1n) is 7.60. The van der Waals surface area contributed by atoms with Crippen LogP contribution in [0.3, 0.4) is 0 Å². The number of halogens is 1. The van der Waals surface area contributed by atoms with Crippen molar-refractivity contribution in [2.75, 3.05) is 19.7 Å². The monoisotopic (exact) mass is 305 g/mol. The molecule has 2 aromatic rings. The predicted octanol–water partition coefficient (Wildman–Crippen LogP) is 2.02. The second-order valence-corrected chi connectivity index (χ2v) is 5.66. The fraction of sp³-hybridized carbons (Fsp3) is 0.438. The molecule has 2 heterocycles. The summed E-state index contributed by atoms with van der Waals surface area (Å²) in [5, 5.41) is 13.0. The van der Waals surface area contributed by atoms with Crippen LogP contribution >= 0.6 is 0 Å². The lowest BCUT2D eigenvalue weighted by Crippen LogP contribution is -2.44. The third-order valence-electron chi connectivity index (χ3n) is 4.25. The first-order chi connectivity index (χ1) is 10.7. The van der Waals surface area contributed by atoms with Crippen LogP contribution in [0.2, 0.25) is 0 Å². The molecular formula is C16H20FN3O2. The summed E-state index contributed by atoms with van der Waals surface area (Å²) in [5.74, 6) is -0.264. The van der Waals surface area contributed by atoms with Crippen molar-refractivity contribution in [1.29, 1.82) is 0 Å². The van der Waals surface area contributed by atoms with Gasteiger partial charge in [-0.05, 0) is 43.0 Å². The Morgan fingerprint density at radius 3 is 3.18 bits per heavy atom. The van der Waals surface area contributed by atoms with Crippen molar-refractivity contribution >= 4 is 16.9 Å². The summed E-state index contributed by atoms with van der Waals surface area (Å²) >= 11 is 0. The zero-order chi connectivity index (χ0) is 15.5. The first kappa shape index (κ1) is 14.8. The molecule has 0 spiro atoms. The molecule has 1 saturated heterocycles. The minimum Gasteiger partial charge on any atom is -0.394 e. The lowest BCUT2D eigenvalue weighted by atomic mass is 10.1. The fourth-order valence-electron chi connectivity index (χ4n) is 3.06. The molecule has 0 aliphatic carbocycles. The number of H-pyrrole nitrogens is 1. The zero-order valence-electron chi connectivity index (χ0n) is 12.3. The molecule has 3 N–H and O–H groups in total. The van der Waals surface area contributed by atoms with Crippen LogP contribution in [-0.2, 0) is 6.42 Å².